The molecular weight excluding hydrogens is 374 g/mol. The Labute approximate surface area is 160 Å². The van der Waals surface area contributed by atoms with E-state index in [0.29, 0.717) is 36.0 Å². The second-order valence-electron chi connectivity index (χ2n) is 7.39. The molecule has 1 aromatic carbocycles. The lowest BCUT2D eigenvalue weighted by atomic mass is 9.90. The Morgan fingerprint density at radius 3 is 2.93 bits per heavy atom. The van der Waals surface area contributed by atoms with Crippen LogP contribution in [0.15, 0.2) is 18.2 Å². The summed E-state index contributed by atoms with van der Waals surface area (Å²) in [6.07, 6.45) is 1.18. The maximum atomic E-state index is 12.9. The van der Waals surface area contributed by atoms with Crippen LogP contribution in [-0.2, 0) is 15.1 Å². The summed E-state index contributed by atoms with van der Waals surface area (Å²) in [6, 6.07) is 4.36. The van der Waals surface area contributed by atoms with Gasteiger partial charge in [0.05, 0.1) is 12.2 Å². The lowest BCUT2D eigenvalue weighted by Crippen LogP contribution is -2.49. The first kappa shape index (κ1) is 17.9. The highest BCUT2D eigenvalue weighted by atomic mass is 35.5. The number of carbonyl (C=O) groups excluding carboxylic acids is 2. The Morgan fingerprint density at radius 1 is 1.44 bits per heavy atom. The Morgan fingerprint density at radius 2 is 2.22 bits per heavy atom. The number of fused-ring (bicyclic) bond motifs is 2. The van der Waals surface area contributed by atoms with E-state index in [-0.39, 0.29) is 12.5 Å². The monoisotopic (exact) mass is 393 g/mol. The summed E-state index contributed by atoms with van der Waals surface area (Å²) in [7, 11) is 0. The van der Waals surface area contributed by atoms with Crippen LogP contribution in [0.3, 0.4) is 0 Å². The van der Waals surface area contributed by atoms with Gasteiger partial charge >= 0.3 is 12.2 Å². The summed E-state index contributed by atoms with van der Waals surface area (Å²) in [5.74, 6) is 0.109. The third-order valence-corrected chi connectivity index (χ3v) is 5.64. The molecule has 3 amide bonds. The molecule has 0 aromatic heterocycles. The lowest BCUT2D eigenvalue weighted by Gasteiger charge is -2.35. The first-order valence-corrected chi connectivity index (χ1v) is 9.32. The van der Waals surface area contributed by atoms with Crippen molar-refractivity contribution in [3.05, 3.63) is 28.8 Å². The number of carbonyl (C=O) groups is 3. The molecule has 1 unspecified atom stereocenters. The minimum Gasteiger partial charge on any atom is -0.465 e. The number of hydrogen-bond donors (Lipinski definition) is 3. The number of likely N-dealkylation sites (tertiary alicyclic amines) is 1. The quantitative estimate of drug-likeness (QED) is 0.729. The van der Waals surface area contributed by atoms with Crippen molar-refractivity contribution in [3.8, 4) is 0 Å². The number of ether oxygens (including phenoxy) is 1. The van der Waals surface area contributed by atoms with E-state index in [1.165, 1.54) is 0 Å². The minimum atomic E-state index is -1.21. The first-order chi connectivity index (χ1) is 12.9. The molecule has 9 heteroatoms. The number of benzene rings is 1. The summed E-state index contributed by atoms with van der Waals surface area (Å²) in [5.41, 5.74) is 0.379. The van der Waals surface area contributed by atoms with Crippen LogP contribution in [0.5, 0.6) is 0 Å². The van der Waals surface area contributed by atoms with Gasteiger partial charge in [-0.2, -0.15) is 0 Å². The van der Waals surface area contributed by atoms with Gasteiger partial charge < -0.3 is 20.1 Å². The summed E-state index contributed by atoms with van der Waals surface area (Å²) in [5, 5.41) is 14.6. The maximum absolute atomic E-state index is 12.9. The van der Waals surface area contributed by atoms with Gasteiger partial charge in [0.15, 0.2) is 5.60 Å². The van der Waals surface area contributed by atoms with Gasteiger partial charge in [-0.15, -0.1) is 0 Å². The van der Waals surface area contributed by atoms with Gasteiger partial charge in [-0.1, -0.05) is 24.4 Å². The Kier molecular flexibility index (Phi) is 4.38. The van der Waals surface area contributed by atoms with Crippen LogP contribution in [0, 0.1) is 5.92 Å². The van der Waals surface area contributed by atoms with Crippen LogP contribution < -0.4 is 10.6 Å². The highest BCUT2D eigenvalue weighted by Crippen LogP contribution is 2.44. The van der Waals surface area contributed by atoms with Crippen LogP contribution in [0.25, 0.3) is 0 Å². The molecule has 1 spiro atoms. The molecule has 2 atom stereocenters. The van der Waals surface area contributed by atoms with E-state index in [2.05, 4.69) is 10.6 Å². The predicted molar refractivity (Wildman–Crippen MR) is 96.7 cm³/mol. The number of carboxylic acid groups (broad SMARTS) is 1. The van der Waals surface area contributed by atoms with Gasteiger partial charge in [-0.3, -0.25) is 10.1 Å². The molecule has 3 N–H and O–H groups in total. The molecule has 1 saturated heterocycles. The van der Waals surface area contributed by atoms with E-state index in [9.17, 15) is 14.4 Å². The fourth-order valence-electron chi connectivity index (χ4n) is 3.92. The van der Waals surface area contributed by atoms with E-state index >= 15 is 0 Å². The van der Waals surface area contributed by atoms with Gasteiger partial charge in [0.1, 0.15) is 6.04 Å². The van der Waals surface area contributed by atoms with E-state index in [1.54, 1.807) is 23.1 Å². The highest BCUT2D eigenvalue weighted by molar-refractivity contribution is 6.30. The van der Waals surface area contributed by atoms with Crippen molar-refractivity contribution in [2.75, 3.05) is 18.4 Å². The number of hydrogen-bond acceptors (Lipinski definition) is 4. The molecule has 2 fully saturated rings. The molecule has 1 aliphatic carbocycles. The van der Waals surface area contributed by atoms with E-state index < -0.39 is 23.8 Å². The van der Waals surface area contributed by atoms with Crippen LogP contribution in [0.4, 0.5) is 15.3 Å². The molecule has 27 heavy (non-hydrogen) atoms. The molecule has 4 rings (SSSR count). The van der Waals surface area contributed by atoms with Crippen LogP contribution >= 0.6 is 11.6 Å². The van der Waals surface area contributed by atoms with Crippen molar-refractivity contribution in [1.82, 2.24) is 10.2 Å². The van der Waals surface area contributed by atoms with Gasteiger partial charge in [0, 0.05) is 23.6 Å². The second-order valence-corrected chi connectivity index (χ2v) is 7.83. The molecule has 1 saturated carbocycles. The third-order valence-electron chi connectivity index (χ3n) is 5.40. The average Bonchev–Trinajstić information content (AvgIpc) is 3.32. The van der Waals surface area contributed by atoms with E-state index in [4.69, 9.17) is 21.4 Å². The van der Waals surface area contributed by atoms with Gasteiger partial charge in [-0.05, 0) is 30.5 Å². The van der Waals surface area contributed by atoms with Crippen LogP contribution in [-0.4, -0.2) is 47.2 Å². The SMILES string of the molecule is O=C(O)N[C@@H](CC1CC1)C(=O)N1CCC2(C1)OC(=O)Nc1ccc(Cl)cc12. The van der Waals surface area contributed by atoms with Crippen LogP contribution in [0.2, 0.25) is 5.02 Å². The van der Waals surface area contributed by atoms with E-state index in [1.807, 2.05) is 0 Å². The Hall–Kier alpha value is -2.48. The molecular formula is C18H20ClN3O5. The molecule has 3 aliphatic rings. The van der Waals surface area contributed by atoms with Crippen molar-refractivity contribution in [2.45, 2.75) is 37.3 Å². The number of halogens is 1. The normalized spacial score (nSPS) is 24.8. The van der Waals surface area contributed by atoms with E-state index in [0.717, 1.165) is 18.4 Å². The van der Waals surface area contributed by atoms with Crippen molar-refractivity contribution < 1.29 is 24.2 Å². The standard InChI is InChI=1S/C18H20ClN3O5/c19-11-3-4-13-12(8-11)18(27-17(26)21-13)5-6-22(9-18)15(23)14(20-16(24)25)7-10-1-2-10/h3-4,8,10,14,20H,1-2,5-7,9H2,(H,21,26)(H,24,25)/t14-,18?/m0/s1. The van der Waals surface area contributed by atoms with Gasteiger partial charge in [0.2, 0.25) is 5.91 Å². The molecule has 2 heterocycles. The highest BCUT2D eigenvalue weighted by Gasteiger charge is 2.49. The molecule has 0 radical (unpaired) electrons. The van der Waals surface area contributed by atoms with Crippen molar-refractivity contribution in [2.24, 2.45) is 5.92 Å². The topological polar surface area (TPSA) is 108 Å². The second kappa shape index (κ2) is 6.60. The predicted octanol–water partition coefficient (Wildman–Crippen LogP) is 2.77. The summed E-state index contributed by atoms with van der Waals surface area (Å²) in [6.45, 7) is 0.551. The smallest absolute Gasteiger partial charge is 0.412 e. The van der Waals surface area contributed by atoms with Crippen LogP contribution in [0.1, 0.15) is 31.2 Å². The molecule has 2 aliphatic heterocycles. The largest absolute Gasteiger partial charge is 0.465 e. The molecule has 144 valence electrons. The minimum absolute atomic E-state index is 0.176. The summed E-state index contributed by atoms with van der Waals surface area (Å²) >= 11 is 6.12. The molecule has 0 bridgehead atoms. The van der Waals surface area contributed by atoms with Crippen molar-refractivity contribution in [3.63, 3.8) is 0 Å². The molecule has 1 aromatic rings. The van der Waals surface area contributed by atoms with Crippen molar-refractivity contribution in [1.29, 1.82) is 0 Å². The Bertz CT molecular complexity index is 812. The number of nitrogens with one attached hydrogen (secondary N) is 2. The first-order valence-electron chi connectivity index (χ1n) is 8.94. The number of nitrogens with zero attached hydrogens (tertiary/aromatic N) is 1. The number of amides is 3. The maximum Gasteiger partial charge on any atom is 0.412 e. The van der Waals surface area contributed by atoms with Gasteiger partial charge in [0.25, 0.3) is 0 Å². The zero-order valence-electron chi connectivity index (χ0n) is 14.5. The fourth-order valence-corrected chi connectivity index (χ4v) is 4.09. The number of rotatable bonds is 4. The Balaban J connectivity index is 1.57. The van der Waals surface area contributed by atoms with Gasteiger partial charge in [-0.25, -0.2) is 9.59 Å². The van der Waals surface area contributed by atoms with Crippen molar-refractivity contribution >= 4 is 35.4 Å². The zero-order valence-corrected chi connectivity index (χ0v) is 15.3. The summed E-state index contributed by atoms with van der Waals surface area (Å²) in [4.78, 5) is 37.6. The average molecular weight is 394 g/mol. The summed E-state index contributed by atoms with van der Waals surface area (Å²) < 4.78 is 5.61. The lowest BCUT2D eigenvalue weighted by molar-refractivity contribution is -0.133. The molecule has 8 nitrogen and oxygen atoms in total. The number of anilines is 1. The fraction of sp³-hybridized carbons (Fsp3) is 0.500. The third kappa shape index (κ3) is 3.53. The zero-order chi connectivity index (χ0) is 19.2.